The summed E-state index contributed by atoms with van der Waals surface area (Å²) in [6.07, 6.45) is 3.69. The molecule has 0 aromatic carbocycles. The summed E-state index contributed by atoms with van der Waals surface area (Å²) < 4.78 is 3.56. The van der Waals surface area contributed by atoms with Crippen LogP contribution in [0.3, 0.4) is 0 Å². The van der Waals surface area contributed by atoms with E-state index < -0.39 is 0 Å². The number of hydrogen-bond donors (Lipinski definition) is 0. The minimum absolute atomic E-state index is 0.0174. The SMILES string of the molecule is Cc1cc(=O)n(CCN2CCC(c3nnc4ccc(C)nn34)CC2)cn1. The van der Waals surface area contributed by atoms with Gasteiger partial charge in [-0.05, 0) is 51.9 Å². The van der Waals surface area contributed by atoms with Crippen LogP contribution in [0.15, 0.2) is 29.3 Å². The molecule has 3 aromatic rings. The van der Waals surface area contributed by atoms with E-state index in [0.29, 0.717) is 12.5 Å². The molecule has 0 aliphatic carbocycles. The lowest BCUT2D eigenvalue weighted by Crippen LogP contribution is -2.37. The van der Waals surface area contributed by atoms with Crippen LogP contribution in [-0.2, 0) is 6.54 Å². The number of rotatable bonds is 4. The van der Waals surface area contributed by atoms with Gasteiger partial charge in [0.15, 0.2) is 11.5 Å². The standard InChI is InChI=1S/C18H23N7O/c1-13-3-4-16-20-21-18(25(16)22-13)15-5-7-23(8-6-15)9-10-24-12-19-14(2)11-17(24)26/h3-4,11-12,15H,5-10H2,1-2H3. The van der Waals surface area contributed by atoms with Gasteiger partial charge in [-0.2, -0.15) is 9.61 Å². The molecule has 0 unspecified atom stereocenters. The van der Waals surface area contributed by atoms with E-state index in [1.54, 1.807) is 17.0 Å². The van der Waals surface area contributed by atoms with Gasteiger partial charge >= 0.3 is 0 Å². The van der Waals surface area contributed by atoms with Crippen molar-refractivity contribution in [1.82, 2.24) is 34.3 Å². The number of piperidine rings is 1. The molecule has 0 amide bonds. The van der Waals surface area contributed by atoms with Gasteiger partial charge in [0.2, 0.25) is 0 Å². The minimum atomic E-state index is 0.0174. The highest BCUT2D eigenvalue weighted by molar-refractivity contribution is 5.36. The molecule has 1 aliphatic rings. The smallest absolute Gasteiger partial charge is 0.253 e. The third kappa shape index (κ3) is 3.37. The molecule has 8 nitrogen and oxygen atoms in total. The fraction of sp³-hybridized carbons (Fsp3) is 0.500. The van der Waals surface area contributed by atoms with Crippen molar-refractivity contribution in [3.05, 3.63) is 52.1 Å². The summed E-state index contributed by atoms with van der Waals surface area (Å²) in [5.74, 6) is 1.33. The van der Waals surface area contributed by atoms with Crippen LogP contribution in [0.2, 0.25) is 0 Å². The van der Waals surface area contributed by atoms with Gasteiger partial charge < -0.3 is 4.90 Å². The van der Waals surface area contributed by atoms with Crippen LogP contribution in [-0.4, -0.2) is 53.9 Å². The van der Waals surface area contributed by atoms with Crippen molar-refractivity contribution in [2.24, 2.45) is 0 Å². The number of hydrogen-bond acceptors (Lipinski definition) is 6. The van der Waals surface area contributed by atoms with Crippen molar-refractivity contribution in [1.29, 1.82) is 0 Å². The molecule has 0 spiro atoms. The van der Waals surface area contributed by atoms with Crippen LogP contribution in [0.5, 0.6) is 0 Å². The maximum Gasteiger partial charge on any atom is 0.253 e. The van der Waals surface area contributed by atoms with E-state index in [2.05, 4.69) is 25.2 Å². The zero-order chi connectivity index (χ0) is 18.1. The first kappa shape index (κ1) is 16.8. The van der Waals surface area contributed by atoms with Crippen LogP contribution >= 0.6 is 0 Å². The Morgan fingerprint density at radius 1 is 1.08 bits per heavy atom. The van der Waals surface area contributed by atoms with Crippen molar-refractivity contribution in [2.75, 3.05) is 19.6 Å². The fourth-order valence-electron chi connectivity index (χ4n) is 3.50. The molecule has 4 rings (SSSR count). The predicted octanol–water partition coefficient (Wildman–Crippen LogP) is 1.18. The summed E-state index contributed by atoms with van der Waals surface area (Å²) >= 11 is 0. The van der Waals surface area contributed by atoms with Crippen LogP contribution in [0.25, 0.3) is 5.65 Å². The molecule has 1 saturated heterocycles. The normalized spacial score (nSPS) is 16.4. The summed E-state index contributed by atoms with van der Waals surface area (Å²) in [6, 6.07) is 5.50. The first-order valence-electron chi connectivity index (χ1n) is 9.04. The summed E-state index contributed by atoms with van der Waals surface area (Å²) in [4.78, 5) is 18.6. The lowest BCUT2D eigenvalue weighted by molar-refractivity contribution is 0.200. The Kier molecular flexibility index (Phi) is 4.50. The van der Waals surface area contributed by atoms with Crippen molar-refractivity contribution in [2.45, 2.75) is 39.2 Å². The van der Waals surface area contributed by atoms with Crippen molar-refractivity contribution >= 4 is 5.65 Å². The van der Waals surface area contributed by atoms with Crippen LogP contribution in [0, 0.1) is 13.8 Å². The monoisotopic (exact) mass is 353 g/mol. The summed E-state index contributed by atoms with van der Waals surface area (Å²) in [5, 5.41) is 13.2. The Hall–Kier alpha value is -2.61. The number of fused-ring (bicyclic) bond motifs is 1. The highest BCUT2D eigenvalue weighted by Crippen LogP contribution is 2.26. The van der Waals surface area contributed by atoms with Gasteiger partial charge in [-0.1, -0.05) is 0 Å². The van der Waals surface area contributed by atoms with E-state index in [9.17, 15) is 4.79 Å². The Morgan fingerprint density at radius 3 is 2.65 bits per heavy atom. The van der Waals surface area contributed by atoms with E-state index >= 15 is 0 Å². The molecule has 1 aliphatic heterocycles. The highest BCUT2D eigenvalue weighted by atomic mass is 16.1. The molecule has 136 valence electrons. The molecular weight excluding hydrogens is 330 g/mol. The second-order valence-corrected chi connectivity index (χ2v) is 6.98. The lowest BCUT2D eigenvalue weighted by Gasteiger charge is -2.31. The Morgan fingerprint density at radius 2 is 1.88 bits per heavy atom. The van der Waals surface area contributed by atoms with Gasteiger partial charge in [0.05, 0.1) is 12.0 Å². The Balaban J connectivity index is 1.38. The molecular formula is C18H23N7O. The zero-order valence-corrected chi connectivity index (χ0v) is 15.2. The number of aromatic nitrogens is 6. The van der Waals surface area contributed by atoms with Crippen LogP contribution in [0.4, 0.5) is 0 Å². The summed E-state index contributed by atoms with van der Waals surface area (Å²) in [5.41, 5.74) is 2.55. The molecule has 3 aromatic heterocycles. The van der Waals surface area contributed by atoms with Crippen molar-refractivity contribution < 1.29 is 0 Å². The average Bonchev–Trinajstić information content (AvgIpc) is 3.04. The molecule has 0 N–H and O–H groups in total. The molecule has 0 bridgehead atoms. The molecule has 26 heavy (non-hydrogen) atoms. The second-order valence-electron chi connectivity index (χ2n) is 6.98. The van der Waals surface area contributed by atoms with Crippen molar-refractivity contribution in [3.8, 4) is 0 Å². The number of likely N-dealkylation sites (tertiary alicyclic amines) is 1. The summed E-state index contributed by atoms with van der Waals surface area (Å²) in [6.45, 7) is 7.31. The minimum Gasteiger partial charge on any atom is -0.302 e. The van der Waals surface area contributed by atoms with Crippen molar-refractivity contribution in [3.63, 3.8) is 0 Å². The summed E-state index contributed by atoms with van der Waals surface area (Å²) in [7, 11) is 0. The zero-order valence-electron chi connectivity index (χ0n) is 15.2. The first-order valence-corrected chi connectivity index (χ1v) is 9.04. The predicted molar refractivity (Wildman–Crippen MR) is 97.2 cm³/mol. The first-order chi connectivity index (χ1) is 12.6. The van der Waals surface area contributed by atoms with Gasteiger partial charge in [0, 0.05) is 30.8 Å². The molecule has 0 radical (unpaired) electrons. The van der Waals surface area contributed by atoms with E-state index in [1.165, 1.54) is 0 Å². The highest BCUT2D eigenvalue weighted by Gasteiger charge is 2.25. The molecule has 0 saturated carbocycles. The quantitative estimate of drug-likeness (QED) is 0.700. The van der Waals surface area contributed by atoms with E-state index in [4.69, 9.17) is 0 Å². The van der Waals surface area contributed by atoms with Gasteiger partial charge in [0.1, 0.15) is 0 Å². The largest absolute Gasteiger partial charge is 0.302 e. The number of aryl methyl sites for hydroxylation is 2. The maximum absolute atomic E-state index is 12.0. The average molecular weight is 353 g/mol. The molecule has 8 heteroatoms. The van der Waals surface area contributed by atoms with Crippen LogP contribution in [0.1, 0.15) is 36.0 Å². The van der Waals surface area contributed by atoms with E-state index in [-0.39, 0.29) is 5.56 Å². The van der Waals surface area contributed by atoms with E-state index in [1.807, 2.05) is 30.5 Å². The second kappa shape index (κ2) is 6.95. The van der Waals surface area contributed by atoms with Gasteiger partial charge in [-0.3, -0.25) is 9.36 Å². The third-order valence-electron chi connectivity index (χ3n) is 5.05. The molecule has 0 atom stereocenters. The molecule has 4 heterocycles. The van der Waals surface area contributed by atoms with Gasteiger partial charge in [-0.15, -0.1) is 10.2 Å². The fourth-order valence-corrected chi connectivity index (χ4v) is 3.50. The Labute approximate surface area is 151 Å². The number of nitrogens with zero attached hydrogens (tertiary/aromatic N) is 7. The van der Waals surface area contributed by atoms with Gasteiger partial charge in [0.25, 0.3) is 5.56 Å². The van der Waals surface area contributed by atoms with E-state index in [0.717, 1.165) is 55.3 Å². The van der Waals surface area contributed by atoms with Gasteiger partial charge in [-0.25, -0.2) is 4.98 Å². The Bertz CT molecular complexity index is 969. The topological polar surface area (TPSA) is 81.2 Å². The maximum atomic E-state index is 12.0. The molecule has 1 fully saturated rings. The third-order valence-corrected chi connectivity index (χ3v) is 5.05. The lowest BCUT2D eigenvalue weighted by atomic mass is 9.96. The van der Waals surface area contributed by atoms with Crippen LogP contribution < -0.4 is 5.56 Å².